The monoisotopic (exact) mass is 277 g/mol. The Morgan fingerprint density at radius 2 is 1.94 bits per heavy atom. The lowest BCUT2D eigenvalue weighted by Gasteiger charge is -2.21. The van der Waals surface area contributed by atoms with Gasteiger partial charge in [0, 0.05) is 6.04 Å². The van der Waals surface area contributed by atoms with Crippen LogP contribution in [0.1, 0.15) is 34.6 Å². The van der Waals surface area contributed by atoms with Crippen LogP contribution in [0.2, 0.25) is 0 Å². The largest absolute Gasteiger partial charge is 0.462 e. The zero-order valence-corrected chi connectivity index (χ0v) is 12.1. The zero-order chi connectivity index (χ0) is 14.3. The highest BCUT2D eigenvalue weighted by Crippen LogP contribution is 2.08. The summed E-state index contributed by atoms with van der Waals surface area (Å²) >= 11 is 5.72. The molecule has 104 valence electrons. The maximum absolute atomic E-state index is 11.4. The molecule has 0 saturated heterocycles. The van der Waals surface area contributed by atoms with Gasteiger partial charge in [-0.25, -0.2) is 9.59 Å². The van der Waals surface area contributed by atoms with Crippen LogP contribution in [-0.2, 0) is 14.3 Å². The van der Waals surface area contributed by atoms with Crippen LogP contribution in [0, 0.1) is 0 Å². The Morgan fingerprint density at radius 3 is 2.39 bits per heavy atom. The van der Waals surface area contributed by atoms with Gasteiger partial charge in [0.2, 0.25) is 0 Å². The molecule has 0 fully saturated rings. The second-order valence-electron chi connectivity index (χ2n) is 4.67. The first kappa shape index (κ1) is 16.8. The molecule has 1 amide bonds. The Kier molecular flexibility index (Phi) is 6.76. The van der Waals surface area contributed by atoms with Crippen molar-refractivity contribution in [1.29, 1.82) is 0 Å². The minimum Gasteiger partial charge on any atom is -0.462 e. The summed E-state index contributed by atoms with van der Waals surface area (Å²) < 4.78 is 9.77. The SMILES string of the molecule is CCOC(=O)/C(Cl)=C\[C@H](C)NC(=O)OC(C)(C)C. The van der Waals surface area contributed by atoms with Crippen LogP contribution in [0.3, 0.4) is 0 Å². The zero-order valence-electron chi connectivity index (χ0n) is 11.4. The van der Waals surface area contributed by atoms with E-state index in [0.29, 0.717) is 0 Å². The molecule has 1 atom stereocenters. The van der Waals surface area contributed by atoms with Gasteiger partial charge in [-0.2, -0.15) is 0 Å². The van der Waals surface area contributed by atoms with E-state index in [9.17, 15) is 9.59 Å². The Balaban J connectivity index is 4.33. The summed E-state index contributed by atoms with van der Waals surface area (Å²) in [7, 11) is 0. The molecule has 0 aromatic rings. The number of ether oxygens (including phenoxy) is 2. The van der Waals surface area contributed by atoms with E-state index in [2.05, 4.69) is 5.32 Å². The molecule has 0 heterocycles. The summed E-state index contributed by atoms with van der Waals surface area (Å²) in [5.41, 5.74) is -0.571. The third-order valence-electron chi connectivity index (χ3n) is 1.61. The lowest BCUT2D eigenvalue weighted by atomic mass is 10.2. The Bertz CT molecular complexity index is 333. The predicted molar refractivity (Wildman–Crippen MR) is 69.4 cm³/mol. The van der Waals surface area contributed by atoms with Crippen molar-refractivity contribution in [2.24, 2.45) is 0 Å². The molecule has 5 nitrogen and oxygen atoms in total. The summed E-state index contributed by atoms with van der Waals surface area (Å²) in [6.07, 6.45) is 0.822. The fourth-order valence-corrected chi connectivity index (χ4v) is 1.27. The van der Waals surface area contributed by atoms with Crippen LogP contribution in [0.15, 0.2) is 11.1 Å². The number of esters is 1. The van der Waals surface area contributed by atoms with Gasteiger partial charge in [0.15, 0.2) is 0 Å². The van der Waals surface area contributed by atoms with Gasteiger partial charge in [0.1, 0.15) is 10.6 Å². The lowest BCUT2D eigenvalue weighted by molar-refractivity contribution is -0.137. The fraction of sp³-hybridized carbons (Fsp3) is 0.667. The highest BCUT2D eigenvalue weighted by atomic mass is 35.5. The van der Waals surface area contributed by atoms with E-state index in [1.807, 2.05) is 0 Å². The number of nitrogens with one attached hydrogen (secondary N) is 1. The molecule has 0 aromatic carbocycles. The molecule has 0 rings (SSSR count). The van der Waals surface area contributed by atoms with E-state index in [4.69, 9.17) is 21.1 Å². The normalized spacial score (nSPS) is 13.8. The van der Waals surface area contributed by atoms with Gasteiger partial charge in [0.25, 0.3) is 0 Å². The topological polar surface area (TPSA) is 64.6 Å². The van der Waals surface area contributed by atoms with E-state index in [1.165, 1.54) is 6.08 Å². The third kappa shape index (κ3) is 7.95. The molecular formula is C12H20ClNO4. The van der Waals surface area contributed by atoms with Gasteiger partial charge >= 0.3 is 12.1 Å². The highest BCUT2D eigenvalue weighted by Gasteiger charge is 2.17. The first-order valence-electron chi connectivity index (χ1n) is 5.69. The van der Waals surface area contributed by atoms with Crippen LogP contribution in [0.4, 0.5) is 4.79 Å². The molecule has 0 unspecified atom stereocenters. The van der Waals surface area contributed by atoms with Crippen molar-refractivity contribution in [3.05, 3.63) is 11.1 Å². The molecule has 0 aliphatic carbocycles. The number of amides is 1. The molecule has 0 aliphatic rings. The Morgan fingerprint density at radius 1 is 1.39 bits per heavy atom. The highest BCUT2D eigenvalue weighted by molar-refractivity contribution is 6.41. The van der Waals surface area contributed by atoms with Gasteiger partial charge < -0.3 is 14.8 Å². The summed E-state index contributed by atoms with van der Waals surface area (Å²) in [5, 5.41) is 2.47. The molecule has 0 bridgehead atoms. The van der Waals surface area contributed by atoms with E-state index < -0.39 is 23.7 Å². The maximum atomic E-state index is 11.4. The molecule has 0 aliphatic heterocycles. The van der Waals surface area contributed by atoms with Gasteiger partial charge in [0.05, 0.1) is 6.61 Å². The van der Waals surface area contributed by atoms with E-state index >= 15 is 0 Å². The molecule has 1 N–H and O–H groups in total. The molecule has 0 aromatic heterocycles. The number of carbonyl (C=O) groups excluding carboxylic acids is 2. The number of hydrogen-bond acceptors (Lipinski definition) is 4. The summed E-state index contributed by atoms with van der Waals surface area (Å²) in [6, 6.07) is -0.434. The van der Waals surface area contributed by atoms with Gasteiger partial charge in [-0.05, 0) is 40.7 Å². The van der Waals surface area contributed by atoms with Crippen LogP contribution in [-0.4, -0.2) is 30.3 Å². The number of rotatable bonds is 4. The first-order valence-corrected chi connectivity index (χ1v) is 6.07. The van der Waals surface area contributed by atoms with Crippen molar-refractivity contribution in [3.8, 4) is 0 Å². The van der Waals surface area contributed by atoms with Crippen molar-refractivity contribution < 1.29 is 19.1 Å². The van der Waals surface area contributed by atoms with Crippen LogP contribution >= 0.6 is 11.6 Å². The Labute approximate surface area is 112 Å². The molecular weight excluding hydrogens is 258 g/mol. The standard InChI is InChI=1S/C12H20ClNO4/c1-6-17-10(15)9(13)7-8(2)14-11(16)18-12(3,4)5/h7-8H,6H2,1-5H3,(H,14,16)/b9-7+/t8-/m0/s1. The second kappa shape index (κ2) is 7.26. The molecule has 6 heteroatoms. The molecule has 0 spiro atoms. The number of carbonyl (C=O) groups is 2. The van der Waals surface area contributed by atoms with Crippen LogP contribution < -0.4 is 5.32 Å². The van der Waals surface area contributed by atoms with Crippen LogP contribution in [0.25, 0.3) is 0 Å². The number of halogens is 1. The fourth-order valence-electron chi connectivity index (χ4n) is 1.02. The smallest absolute Gasteiger partial charge is 0.408 e. The summed E-state index contributed by atoms with van der Waals surface area (Å²) in [5.74, 6) is -0.614. The predicted octanol–water partition coefficient (Wildman–Crippen LogP) is 2.59. The molecule has 0 radical (unpaired) electrons. The van der Waals surface area contributed by atoms with Crippen molar-refractivity contribution in [1.82, 2.24) is 5.32 Å². The average Bonchev–Trinajstić information content (AvgIpc) is 2.13. The van der Waals surface area contributed by atoms with Crippen molar-refractivity contribution in [2.75, 3.05) is 6.61 Å². The van der Waals surface area contributed by atoms with Crippen molar-refractivity contribution in [3.63, 3.8) is 0 Å². The third-order valence-corrected chi connectivity index (χ3v) is 1.89. The van der Waals surface area contributed by atoms with Gasteiger partial charge in [-0.15, -0.1) is 0 Å². The molecule has 18 heavy (non-hydrogen) atoms. The van der Waals surface area contributed by atoms with Gasteiger partial charge in [-0.3, -0.25) is 0 Å². The average molecular weight is 278 g/mol. The van der Waals surface area contributed by atoms with E-state index in [0.717, 1.165) is 0 Å². The van der Waals surface area contributed by atoms with E-state index in [-0.39, 0.29) is 11.6 Å². The quantitative estimate of drug-likeness (QED) is 0.634. The van der Waals surface area contributed by atoms with Crippen molar-refractivity contribution >= 4 is 23.7 Å². The number of alkyl carbamates (subject to hydrolysis) is 1. The summed E-state index contributed by atoms with van der Waals surface area (Å²) in [6.45, 7) is 8.89. The van der Waals surface area contributed by atoms with Crippen LogP contribution in [0.5, 0.6) is 0 Å². The minimum atomic E-state index is -0.614. The molecule has 0 saturated carbocycles. The first-order chi connectivity index (χ1) is 8.15. The number of hydrogen-bond donors (Lipinski definition) is 1. The minimum absolute atomic E-state index is 0.0691. The lowest BCUT2D eigenvalue weighted by Crippen LogP contribution is -2.37. The Hall–Kier alpha value is -1.23. The van der Waals surface area contributed by atoms with Gasteiger partial charge in [-0.1, -0.05) is 11.6 Å². The van der Waals surface area contributed by atoms with Crippen molar-refractivity contribution in [2.45, 2.75) is 46.3 Å². The maximum Gasteiger partial charge on any atom is 0.408 e. The summed E-state index contributed by atoms with van der Waals surface area (Å²) in [4.78, 5) is 22.7. The van der Waals surface area contributed by atoms with E-state index in [1.54, 1.807) is 34.6 Å². The second-order valence-corrected chi connectivity index (χ2v) is 5.08.